The van der Waals surface area contributed by atoms with Gasteiger partial charge in [0, 0.05) is 13.2 Å². The van der Waals surface area contributed by atoms with Gasteiger partial charge >= 0.3 is 0 Å². The maximum absolute atomic E-state index is 11.3. The van der Waals surface area contributed by atoms with Crippen molar-refractivity contribution in [1.29, 1.82) is 0 Å². The Kier molecular flexibility index (Phi) is 6.10. The number of aliphatic hydroxyl groups is 1. The largest absolute Gasteiger partial charge is 0.387 e. The van der Waals surface area contributed by atoms with Crippen LogP contribution < -0.4 is 5.32 Å². The van der Waals surface area contributed by atoms with Crippen LogP contribution in [0.4, 0.5) is 0 Å². The fourth-order valence-corrected chi connectivity index (χ4v) is 2.32. The lowest BCUT2D eigenvalue weighted by Crippen LogP contribution is -2.19. The topological polar surface area (TPSA) is 62.2 Å². The van der Waals surface area contributed by atoms with E-state index in [2.05, 4.69) is 10.3 Å². The summed E-state index contributed by atoms with van der Waals surface area (Å²) in [7, 11) is 1.64. The van der Waals surface area contributed by atoms with E-state index in [4.69, 9.17) is 0 Å². The maximum Gasteiger partial charge on any atom is 0.224 e. The Balaban J connectivity index is 1.78. The first-order chi connectivity index (χ1) is 10.7. The van der Waals surface area contributed by atoms with Crippen molar-refractivity contribution in [2.24, 2.45) is 0 Å². The molecule has 0 aliphatic rings. The van der Waals surface area contributed by atoms with Gasteiger partial charge in [-0.15, -0.1) is 0 Å². The van der Waals surface area contributed by atoms with Crippen molar-refractivity contribution < 1.29 is 9.90 Å². The van der Waals surface area contributed by atoms with Crippen LogP contribution in [0.2, 0.25) is 0 Å². The Hall–Kier alpha value is -2.20. The number of aryl methyl sites for hydroxylation is 1. The van der Waals surface area contributed by atoms with Crippen molar-refractivity contribution in [1.82, 2.24) is 10.3 Å². The van der Waals surface area contributed by atoms with Crippen LogP contribution in [-0.2, 0) is 17.6 Å². The van der Waals surface area contributed by atoms with Gasteiger partial charge in [-0.2, -0.15) is 0 Å². The zero-order valence-corrected chi connectivity index (χ0v) is 12.8. The zero-order chi connectivity index (χ0) is 15.8. The zero-order valence-electron chi connectivity index (χ0n) is 12.8. The van der Waals surface area contributed by atoms with Gasteiger partial charge in [0.1, 0.15) is 0 Å². The third kappa shape index (κ3) is 4.97. The molecule has 0 fully saturated rings. The summed E-state index contributed by atoms with van der Waals surface area (Å²) in [5.74, 6) is 0.0197. The van der Waals surface area contributed by atoms with Crippen LogP contribution in [0.15, 0.2) is 48.7 Å². The first-order valence-corrected chi connectivity index (χ1v) is 7.56. The summed E-state index contributed by atoms with van der Waals surface area (Å²) in [6, 6.07) is 13.6. The Morgan fingerprint density at radius 1 is 1.18 bits per heavy atom. The van der Waals surface area contributed by atoms with E-state index in [9.17, 15) is 9.90 Å². The Morgan fingerprint density at radius 3 is 2.55 bits per heavy atom. The van der Waals surface area contributed by atoms with E-state index in [0.29, 0.717) is 12.8 Å². The minimum atomic E-state index is -0.506. The number of amides is 1. The number of aromatic nitrogens is 1. The lowest BCUT2D eigenvalue weighted by molar-refractivity contribution is -0.119. The lowest BCUT2D eigenvalue weighted by Gasteiger charge is -2.10. The number of nitrogens with one attached hydrogen (secondary N) is 1. The van der Waals surface area contributed by atoms with Gasteiger partial charge in [0.25, 0.3) is 0 Å². The molecular weight excluding hydrogens is 276 g/mol. The average molecular weight is 298 g/mol. The highest BCUT2D eigenvalue weighted by Gasteiger charge is 2.08. The van der Waals surface area contributed by atoms with E-state index in [-0.39, 0.29) is 5.91 Å². The fraction of sp³-hybridized carbons (Fsp3) is 0.333. The van der Waals surface area contributed by atoms with Crippen LogP contribution in [0, 0.1) is 0 Å². The van der Waals surface area contributed by atoms with E-state index in [0.717, 1.165) is 24.1 Å². The number of pyridine rings is 1. The highest BCUT2D eigenvalue weighted by molar-refractivity contribution is 5.78. The number of rotatable bonds is 7. The molecule has 4 heteroatoms. The predicted octanol–water partition coefficient (Wildman–Crippen LogP) is 2.43. The first kappa shape index (κ1) is 16.2. The molecule has 0 radical (unpaired) electrons. The third-order valence-electron chi connectivity index (χ3n) is 3.64. The molecule has 1 amide bonds. The first-order valence-electron chi connectivity index (χ1n) is 7.56. The molecule has 1 aromatic heterocycles. The van der Waals surface area contributed by atoms with Crippen LogP contribution in [0.5, 0.6) is 0 Å². The molecule has 2 rings (SSSR count). The monoisotopic (exact) mass is 298 g/mol. The van der Waals surface area contributed by atoms with Crippen LogP contribution >= 0.6 is 0 Å². The summed E-state index contributed by atoms with van der Waals surface area (Å²) < 4.78 is 0. The lowest BCUT2D eigenvalue weighted by atomic mass is 10.0. The molecule has 0 saturated carbocycles. The molecule has 2 N–H and O–H groups in total. The van der Waals surface area contributed by atoms with Crippen LogP contribution in [0.25, 0.3) is 0 Å². The number of benzene rings is 1. The molecule has 0 aliphatic carbocycles. The van der Waals surface area contributed by atoms with Crippen molar-refractivity contribution >= 4 is 5.91 Å². The Labute approximate surface area is 131 Å². The number of carbonyl (C=O) groups is 1. The summed E-state index contributed by atoms with van der Waals surface area (Å²) in [6.07, 6.45) is 4.10. The minimum Gasteiger partial charge on any atom is -0.387 e. The number of hydrogen-bond donors (Lipinski definition) is 2. The number of hydrogen-bond acceptors (Lipinski definition) is 3. The van der Waals surface area contributed by atoms with E-state index >= 15 is 0 Å². The molecule has 1 aromatic carbocycles. The van der Waals surface area contributed by atoms with E-state index in [1.165, 1.54) is 5.56 Å². The second-order valence-corrected chi connectivity index (χ2v) is 5.33. The van der Waals surface area contributed by atoms with Gasteiger partial charge in [-0.25, -0.2) is 0 Å². The van der Waals surface area contributed by atoms with Gasteiger partial charge in [0.05, 0.1) is 18.2 Å². The van der Waals surface area contributed by atoms with Gasteiger partial charge in [-0.3, -0.25) is 9.78 Å². The minimum absolute atomic E-state index is 0.0197. The molecule has 4 nitrogen and oxygen atoms in total. The molecule has 1 heterocycles. The summed E-state index contributed by atoms with van der Waals surface area (Å²) in [6.45, 7) is 0. The highest BCUT2D eigenvalue weighted by atomic mass is 16.3. The maximum atomic E-state index is 11.3. The van der Waals surface area contributed by atoms with E-state index in [1.807, 2.05) is 42.5 Å². The molecule has 0 saturated heterocycles. The third-order valence-corrected chi connectivity index (χ3v) is 3.64. The van der Waals surface area contributed by atoms with Crippen molar-refractivity contribution in [3.05, 3.63) is 65.5 Å². The molecule has 0 spiro atoms. The molecule has 116 valence electrons. The smallest absolute Gasteiger partial charge is 0.224 e. The Bertz CT molecular complexity index is 582. The number of likely N-dealkylation sites (N-methyl/N-ethyl adjacent to an activating group) is 1. The van der Waals surface area contributed by atoms with Crippen LogP contribution in [-0.4, -0.2) is 23.0 Å². The summed E-state index contributed by atoms with van der Waals surface area (Å²) in [5, 5.41) is 12.7. The van der Waals surface area contributed by atoms with E-state index < -0.39 is 6.10 Å². The van der Waals surface area contributed by atoms with Gasteiger partial charge in [-0.1, -0.05) is 30.3 Å². The number of aliphatic hydroxyl groups excluding tert-OH is 1. The second kappa shape index (κ2) is 8.29. The molecule has 0 aliphatic heterocycles. The summed E-state index contributed by atoms with van der Waals surface area (Å²) >= 11 is 0. The van der Waals surface area contributed by atoms with E-state index in [1.54, 1.807) is 13.2 Å². The quantitative estimate of drug-likeness (QED) is 0.825. The average Bonchev–Trinajstić information content (AvgIpc) is 2.57. The number of carbonyl (C=O) groups excluding carboxylic acids is 1. The van der Waals surface area contributed by atoms with Crippen LogP contribution in [0.1, 0.15) is 35.8 Å². The molecule has 1 unspecified atom stereocenters. The SMILES string of the molecule is CNC(=O)Cc1ccc(CCCC(O)c2ccccn2)cc1. The van der Waals surface area contributed by atoms with Crippen LogP contribution in [0.3, 0.4) is 0 Å². The highest BCUT2D eigenvalue weighted by Crippen LogP contribution is 2.17. The van der Waals surface area contributed by atoms with Gasteiger partial charge in [0.2, 0.25) is 5.91 Å². The fourth-order valence-electron chi connectivity index (χ4n) is 2.32. The number of nitrogens with zero attached hydrogens (tertiary/aromatic N) is 1. The molecule has 2 aromatic rings. The predicted molar refractivity (Wildman–Crippen MR) is 86.3 cm³/mol. The molecule has 1 atom stereocenters. The van der Waals surface area contributed by atoms with Gasteiger partial charge in [0.15, 0.2) is 0 Å². The summed E-state index contributed by atoms with van der Waals surface area (Å²) in [4.78, 5) is 15.5. The normalized spacial score (nSPS) is 11.9. The Morgan fingerprint density at radius 2 is 1.91 bits per heavy atom. The van der Waals surface area contributed by atoms with Crippen molar-refractivity contribution in [2.75, 3.05) is 7.05 Å². The van der Waals surface area contributed by atoms with Gasteiger partial charge < -0.3 is 10.4 Å². The molecule has 0 bridgehead atoms. The van der Waals surface area contributed by atoms with Crippen molar-refractivity contribution in [3.63, 3.8) is 0 Å². The summed E-state index contributed by atoms with van der Waals surface area (Å²) in [5.41, 5.74) is 2.95. The van der Waals surface area contributed by atoms with Crippen molar-refractivity contribution in [2.45, 2.75) is 31.8 Å². The van der Waals surface area contributed by atoms with Crippen molar-refractivity contribution in [3.8, 4) is 0 Å². The molecular formula is C18H22N2O2. The van der Waals surface area contributed by atoms with Gasteiger partial charge in [-0.05, 0) is 42.5 Å². The molecule has 22 heavy (non-hydrogen) atoms. The standard InChI is InChI=1S/C18H22N2O2/c1-19-18(22)13-15-10-8-14(9-11-15)5-4-7-17(21)16-6-2-3-12-20-16/h2-3,6,8-12,17,21H,4-5,7,13H2,1H3,(H,19,22). The second-order valence-electron chi connectivity index (χ2n) is 5.33.